The second-order valence-electron chi connectivity index (χ2n) is 2.16. The molecular weight excluding hydrogens is 156 g/mol. The zero-order chi connectivity index (χ0) is 8.55. The zero-order valence-electron chi connectivity index (χ0n) is 5.85. The molecule has 12 heavy (non-hydrogen) atoms. The van der Waals surface area contributed by atoms with Crippen LogP contribution in [0.3, 0.4) is 0 Å². The number of hydrogen-bond acceptors (Lipinski definition) is 4. The number of carbonyl (C=O) groups is 1. The average molecular weight is 158 g/mol. The Morgan fingerprint density at radius 2 is 2.25 bits per heavy atom. The fraction of sp³-hybridized carbons (Fsp3) is 0. The van der Waals surface area contributed by atoms with Gasteiger partial charge in [0, 0.05) is 6.21 Å². The van der Waals surface area contributed by atoms with Gasteiger partial charge in [0.05, 0.1) is 5.57 Å². The van der Waals surface area contributed by atoms with Crippen LogP contribution in [0.2, 0.25) is 0 Å². The lowest BCUT2D eigenvalue weighted by atomic mass is 10.1. The highest BCUT2D eigenvalue weighted by Gasteiger charge is 2.25. The van der Waals surface area contributed by atoms with Gasteiger partial charge in [-0.25, -0.2) is 9.98 Å². The molecular formula is C7H2N4O. The van der Waals surface area contributed by atoms with Crippen molar-refractivity contribution in [2.24, 2.45) is 15.0 Å². The van der Waals surface area contributed by atoms with Crippen molar-refractivity contribution in [2.75, 3.05) is 0 Å². The average Bonchev–Trinajstić information content (AvgIpc) is 2.49. The molecule has 0 spiro atoms. The molecule has 0 unspecified atom stereocenters. The van der Waals surface area contributed by atoms with Crippen LogP contribution in [-0.2, 0) is 4.79 Å². The molecule has 2 heterocycles. The predicted molar refractivity (Wildman–Crippen MR) is 42.1 cm³/mol. The van der Waals surface area contributed by atoms with Crippen LogP contribution < -0.4 is 0 Å². The smallest absolute Gasteiger partial charge is 0.267 e. The van der Waals surface area contributed by atoms with Gasteiger partial charge in [-0.1, -0.05) is 0 Å². The number of carbonyl (C=O) groups excluding carboxylic acids is 1. The van der Waals surface area contributed by atoms with Crippen LogP contribution in [0.4, 0.5) is 0 Å². The first-order valence-electron chi connectivity index (χ1n) is 3.16. The van der Waals surface area contributed by atoms with E-state index in [1.807, 2.05) is 6.07 Å². The van der Waals surface area contributed by atoms with Crippen molar-refractivity contribution in [3.05, 3.63) is 11.1 Å². The molecule has 0 atom stereocenters. The summed E-state index contributed by atoms with van der Waals surface area (Å²) in [5.41, 5.74) is 0.440. The maximum atomic E-state index is 11.1. The van der Waals surface area contributed by atoms with E-state index in [9.17, 15) is 4.79 Å². The van der Waals surface area contributed by atoms with Gasteiger partial charge in [-0.05, 0) is 0 Å². The van der Waals surface area contributed by atoms with Crippen LogP contribution in [0.1, 0.15) is 0 Å². The van der Waals surface area contributed by atoms with Gasteiger partial charge in [0.1, 0.15) is 18.0 Å². The highest BCUT2D eigenvalue weighted by molar-refractivity contribution is 6.33. The molecule has 0 aromatic heterocycles. The van der Waals surface area contributed by atoms with Gasteiger partial charge in [-0.15, -0.1) is 0 Å². The zero-order valence-corrected chi connectivity index (χ0v) is 5.85. The number of nitriles is 1. The topological polar surface area (TPSA) is 77.9 Å². The second-order valence-corrected chi connectivity index (χ2v) is 2.16. The highest BCUT2D eigenvalue weighted by Crippen LogP contribution is 2.16. The molecule has 1 amide bonds. The molecule has 5 heteroatoms. The van der Waals surface area contributed by atoms with Gasteiger partial charge < -0.3 is 0 Å². The summed E-state index contributed by atoms with van der Waals surface area (Å²) in [6.45, 7) is 0. The van der Waals surface area contributed by atoms with Crippen LogP contribution >= 0.6 is 0 Å². The largest absolute Gasteiger partial charge is 0.283 e. The van der Waals surface area contributed by atoms with Crippen molar-refractivity contribution < 1.29 is 4.79 Å². The minimum Gasteiger partial charge on any atom is -0.267 e. The van der Waals surface area contributed by atoms with Gasteiger partial charge in [0.15, 0.2) is 5.84 Å². The summed E-state index contributed by atoms with van der Waals surface area (Å²) < 4.78 is 0. The summed E-state index contributed by atoms with van der Waals surface area (Å²) in [7, 11) is 0. The van der Waals surface area contributed by atoms with E-state index in [4.69, 9.17) is 5.26 Å². The molecule has 0 saturated carbocycles. The summed E-state index contributed by atoms with van der Waals surface area (Å²) in [4.78, 5) is 22.0. The van der Waals surface area contributed by atoms with Crippen molar-refractivity contribution in [3.63, 3.8) is 0 Å². The van der Waals surface area contributed by atoms with Crippen LogP contribution in [0.15, 0.2) is 26.1 Å². The van der Waals surface area contributed by atoms with Crippen molar-refractivity contribution in [1.29, 1.82) is 5.26 Å². The minimum absolute atomic E-state index is 0.208. The molecule has 0 bridgehead atoms. The lowest BCUT2D eigenvalue weighted by Gasteiger charge is -1.99. The summed E-state index contributed by atoms with van der Waals surface area (Å²) in [6.07, 6.45) is 2.46. The number of allylic oxidation sites excluding steroid dienone is 1. The third kappa shape index (κ3) is 0.720. The Kier molecular flexibility index (Phi) is 1.21. The lowest BCUT2D eigenvalue weighted by Crippen LogP contribution is -2.12. The molecule has 5 nitrogen and oxygen atoms in total. The maximum absolute atomic E-state index is 11.1. The molecule has 0 radical (unpaired) electrons. The summed E-state index contributed by atoms with van der Waals surface area (Å²) >= 11 is 0. The van der Waals surface area contributed by atoms with Gasteiger partial charge in [-0.3, -0.25) is 4.79 Å². The third-order valence-electron chi connectivity index (χ3n) is 1.50. The summed E-state index contributed by atoms with van der Waals surface area (Å²) in [6, 6.07) is 1.85. The van der Waals surface area contributed by atoms with Gasteiger partial charge in [0.2, 0.25) is 0 Å². The molecule has 0 N–H and O–H groups in total. The molecule has 0 saturated heterocycles. The first-order chi connectivity index (χ1) is 5.83. The van der Waals surface area contributed by atoms with Crippen LogP contribution in [-0.4, -0.2) is 24.3 Å². The quantitative estimate of drug-likeness (QED) is 0.491. The van der Waals surface area contributed by atoms with Crippen LogP contribution in [0.5, 0.6) is 0 Å². The van der Waals surface area contributed by atoms with Gasteiger partial charge in [-0.2, -0.15) is 10.3 Å². The number of hydrogen-bond donors (Lipinski definition) is 0. The number of nitrogens with zero attached hydrogens (tertiary/aromatic N) is 4. The van der Waals surface area contributed by atoms with Crippen molar-refractivity contribution in [2.45, 2.75) is 0 Å². The Morgan fingerprint density at radius 1 is 1.42 bits per heavy atom. The lowest BCUT2D eigenvalue weighted by molar-refractivity contribution is -0.113. The molecule has 0 fully saturated rings. The van der Waals surface area contributed by atoms with Gasteiger partial charge >= 0.3 is 0 Å². The first kappa shape index (κ1) is 6.61. The normalized spacial score (nSPS) is 19.2. The Balaban J connectivity index is 2.63. The van der Waals surface area contributed by atoms with E-state index in [2.05, 4.69) is 15.0 Å². The van der Waals surface area contributed by atoms with Crippen molar-refractivity contribution >= 4 is 24.3 Å². The Morgan fingerprint density at radius 3 is 3.00 bits per heavy atom. The van der Waals surface area contributed by atoms with E-state index in [0.717, 1.165) is 6.34 Å². The molecule has 0 aliphatic carbocycles. The molecule has 0 aromatic carbocycles. The van der Waals surface area contributed by atoms with Crippen LogP contribution in [0.25, 0.3) is 0 Å². The third-order valence-corrected chi connectivity index (χ3v) is 1.50. The molecule has 2 aliphatic heterocycles. The number of rotatable bonds is 0. The van der Waals surface area contributed by atoms with E-state index in [1.165, 1.54) is 6.21 Å². The SMILES string of the molecule is N#CC1=C2C(=O)N=CN=C2N=C1. The van der Waals surface area contributed by atoms with Crippen molar-refractivity contribution in [3.8, 4) is 6.07 Å². The van der Waals surface area contributed by atoms with E-state index < -0.39 is 5.91 Å². The number of amides is 1. The maximum Gasteiger partial charge on any atom is 0.283 e. The van der Waals surface area contributed by atoms with Gasteiger partial charge in [0.25, 0.3) is 5.91 Å². The van der Waals surface area contributed by atoms with E-state index in [0.29, 0.717) is 0 Å². The highest BCUT2D eigenvalue weighted by atomic mass is 16.1. The monoisotopic (exact) mass is 158 g/mol. The number of amidine groups is 1. The fourth-order valence-corrected chi connectivity index (χ4v) is 0.969. The van der Waals surface area contributed by atoms with E-state index in [-0.39, 0.29) is 17.0 Å². The van der Waals surface area contributed by atoms with E-state index in [1.54, 1.807) is 0 Å². The molecule has 2 aliphatic rings. The first-order valence-corrected chi connectivity index (χ1v) is 3.16. The fourth-order valence-electron chi connectivity index (χ4n) is 0.969. The minimum atomic E-state index is -0.450. The molecule has 56 valence electrons. The summed E-state index contributed by atoms with van der Waals surface area (Å²) in [5, 5.41) is 8.56. The summed E-state index contributed by atoms with van der Waals surface area (Å²) in [5.74, 6) is -0.166. The Hall–Kier alpha value is -2.09. The molecule has 2 rings (SSSR count). The van der Waals surface area contributed by atoms with E-state index >= 15 is 0 Å². The number of aliphatic imine (C=N–C) groups is 3. The van der Waals surface area contributed by atoms with Crippen molar-refractivity contribution in [1.82, 2.24) is 0 Å². The van der Waals surface area contributed by atoms with Crippen LogP contribution in [0, 0.1) is 11.3 Å². The number of fused-ring (bicyclic) bond motifs is 1. The molecule has 0 aromatic rings. The standard InChI is InChI=1S/C7H2N4O/c8-1-4-2-9-6-5(4)7(12)11-3-10-6/h2-3H. The Labute approximate surface area is 67.5 Å². The predicted octanol–water partition coefficient (Wildman–Crippen LogP) is -0.142. The second kappa shape index (κ2) is 2.20. The Bertz CT molecular complexity index is 419.